The Morgan fingerprint density at radius 2 is 2.25 bits per heavy atom. The molecule has 0 amide bonds. The Kier molecular flexibility index (Phi) is 1.46. The Morgan fingerprint density at radius 3 is 3.00 bits per heavy atom. The molecule has 0 atom stereocenters. The van der Waals surface area contributed by atoms with Crippen molar-refractivity contribution in [3.63, 3.8) is 0 Å². The lowest BCUT2D eigenvalue weighted by atomic mass is 10.3. The third-order valence-electron chi connectivity index (χ3n) is 1.82. The number of nitrogens with zero attached hydrogens (tertiary/aromatic N) is 3. The van der Waals surface area contributed by atoms with Gasteiger partial charge >= 0.3 is 0 Å². The fourth-order valence-corrected chi connectivity index (χ4v) is 1.22. The summed E-state index contributed by atoms with van der Waals surface area (Å²) in [4.78, 5) is 13.2. The SMILES string of the molecule is CN(C)c1c[nH]c2ncncc12. The molecule has 4 nitrogen and oxygen atoms in total. The van der Waals surface area contributed by atoms with Crippen LogP contribution in [-0.4, -0.2) is 29.0 Å². The second-order valence-corrected chi connectivity index (χ2v) is 2.85. The zero-order valence-corrected chi connectivity index (χ0v) is 7.07. The molecule has 2 aromatic heterocycles. The molecule has 62 valence electrons. The van der Waals surface area contributed by atoms with Crippen LogP contribution in [0.4, 0.5) is 5.69 Å². The molecular formula is C8H10N4. The minimum Gasteiger partial charge on any atom is -0.376 e. The van der Waals surface area contributed by atoms with Gasteiger partial charge in [0.2, 0.25) is 0 Å². The fourth-order valence-electron chi connectivity index (χ4n) is 1.22. The monoisotopic (exact) mass is 162 g/mol. The van der Waals surface area contributed by atoms with E-state index in [0.29, 0.717) is 0 Å². The minimum absolute atomic E-state index is 0.883. The fraction of sp³-hybridized carbons (Fsp3) is 0.250. The smallest absolute Gasteiger partial charge is 0.142 e. The topological polar surface area (TPSA) is 44.8 Å². The van der Waals surface area contributed by atoms with Crippen LogP contribution in [0.1, 0.15) is 0 Å². The van der Waals surface area contributed by atoms with Gasteiger partial charge in [-0.25, -0.2) is 9.97 Å². The standard InChI is InChI=1S/C8H10N4/c1-12(2)7-4-10-8-6(7)3-9-5-11-8/h3-5H,1-2H3,(H,9,10,11). The molecule has 0 saturated heterocycles. The van der Waals surface area contributed by atoms with Gasteiger partial charge in [-0.15, -0.1) is 0 Å². The van der Waals surface area contributed by atoms with Gasteiger partial charge in [0, 0.05) is 26.5 Å². The Hall–Kier alpha value is -1.58. The van der Waals surface area contributed by atoms with Crippen LogP contribution in [0.15, 0.2) is 18.7 Å². The second-order valence-electron chi connectivity index (χ2n) is 2.85. The quantitative estimate of drug-likeness (QED) is 0.681. The summed E-state index contributed by atoms with van der Waals surface area (Å²) in [7, 11) is 3.99. The number of anilines is 1. The molecule has 12 heavy (non-hydrogen) atoms. The summed E-state index contributed by atoms with van der Waals surface area (Å²) in [6, 6.07) is 0. The summed E-state index contributed by atoms with van der Waals surface area (Å²) < 4.78 is 0. The predicted molar refractivity (Wildman–Crippen MR) is 48.2 cm³/mol. The zero-order chi connectivity index (χ0) is 8.55. The van der Waals surface area contributed by atoms with Crippen molar-refractivity contribution in [1.29, 1.82) is 0 Å². The molecule has 0 fully saturated rings. The van der Waals surface area contributed by atoms with Crippen LogP contribution < -0.4 is 4.90 Å². The lowest BCUT2D eigenvalue weighted by molar-refractivity contribution is 1.14. The Labute approximate surface area is 70.3 Å². The molecular weight excluding hydrogens is 152 g/mol. The van der Waals surface area contributed by atoms with Gasteiger partial charge in [-0.2, -0.15) is 0 Å². The Morgan fingerprint density at radius 1 is 1.42 bits per heavy atom. The number of hydrogen-bond donors (Lipinski definition) is 1. The summed E-state index contributed by atoms with van der Waals surface area (Å²) in [5, 5.41) is 1.06. The summed E-state index contributed by atoms with van der Waals surface area (Å²) >= 11 is 0. The first-order valence-corrected chi connectivity index (χ1v) is 3.73. The highest BCUT2D eigenvalue weighted by molar-refractivity contribution is 5.89. The first-order chi connectivity index (χ1) is 5.79. The van der Waals surface area contributed by atoms with Crippen LogP contribution in [0.2, 0.25) is 0 Å². The molecule has 2 aromatic rings. The van der Waals surface area contributed by atoms with Crippen LogP contribution >= 0.6 is 0 Å². The normalized spacial score (nSPS) is 10.5. The van der Waals surface area contributed by atoms with Crippen molar-refractivity contribution in [2.75, 3.05) is 19.0 Å². The third-order valence-corrected chi connectivity index (χ3v) is 1.82. The van der Waals surface area contributed by atoms with E-state index in [2.05, 4.69) is 15.0 Å². The van der Waals surface area contributed by atoms with E-state index in [9.17, 15) is 0 Å². The van der Waals surface area contributed by atoms with Crippen LogP contribution in [0.3, 0.4) is 0 Å². The Bertz CT molecular complexity index is 391. The number of H-pyrrole nitrogens is 1. The van der Waals surface area contributed by atoms with Gasteiger partial charge in [0.05, 0.1) is 11.1 Å². The number of rotatable bonds is 1. The van der Waals surface area contributed by atoms with Crippen LogP contribution in [0, 0.1) is 0 Å². The first-order valence-electron chi connectivity index (χ1n) is 3.73. The van der Waals surface area contributed by atoms with E-state index in [1.165, 1.54) is 6.33 Å². The van der Waals surface area contributed by atoms with Crippen LogP contribution in [0.25, 0.3) is 11.0 Å². The number of aromatic amines is 1. The number of nitrogens with one attached hydrogen (secondary N) is 1. The average molecular weight is 162 g/mol. The molecule has 0 aliphatic rings. The van der Waals surface area contributed by atoms with Crippen molar-refractivity contribution in [1.82, 2.24) is 15.0 Å². The summed E-state index contributed by atoms with van der Waals surface area (Å²) in [5.74, 6) is 0. The summed E-state index contributed by atoms with van der Waals surface area (Å²) in [6.45, 7) is 0. The van der Waals surface area contributed by atoms with E-state index in [1.54, 1.807) is 0 Å². The van der Waals surface area contributed by atoms with E-state index in [0.717, 1.165) is 16.7 Å². The highest BCUT2D eigenvalue weighted by Gasteiger charge is 2.04. The molecule has 0 saturated carbocycles. The molecule has 0 unspecified atom stereocenters. The van der Waals surface area contributed by atoms with E-state index in [4.69, 9.17) is 0 Å². The van der Waals surface area contributed by atoms with Crippen molar-refractivity contribution in [3.05, 3.63) is 18.7 Å². The van der Waals surface area contributed by atoms with Crippen LogP contribution in [-0.2, 0) is 0 Å². The first kappa shape index (κ1) is 7.09. The third kappa shape index (κ3) is 0.922. The summed E-state index contributed by atoms with van der Waals surface area (Å²) in [5.41, 5.74) is 2.00. The average Bonchev–Trinajstić information content (AvgIpc) is 2.47. The highest BCUT2D eigenvalue weighted by atomic mass is 15.1. The molecule has 1 N–H and O–H groups in total. The van der Waals surface area contributed by atoms with Gasteiger partial charge in [0.25, 0.3) is 0 Å². The van der Waals surface area contributed by atoms with E-state index in [1.807, 2.05) is 31.4 Å². The lowest BCUT2D eigenvalue weighted by Gasteiger charge is -2.08. The van der Waals surface area contributed by atoms with Gasteiger partial charge in [0.15, 0.2) is 0 Å². The summed E-state index contributed by atoms with van der Waals surface area (Å²) in [6.07, 6.45) is 5.28. The zero-order valence-electron chi connectivity index (χ0n) is 7.07. The second kappa shape index (κ2) is 2.48. The number of aromatic nitrogens is 3. The molecule has 0 aliphatic heterocycles. The molecule has 0 spiro atoms. The van der Waals surface area contributed by atoms with Crippen LogP contribution in [0.5, 0.6) is 0 Å². The predicted octanol–water partition coefficient (Wildman–Crippen LogP) is 1.02. The lowest BCUT2D eigenvalue weighted by Crippen LogP contribution is -2.07. The van der Waals surface area contributed by atoms with Crippen molar-refractivity contribution in [2.24, 2.45) is 0 Å². The largest absolute Gasteiger partial charge is 0.376 e. The molecule has 2 heterocycles. The number of fused-ring (bicyclic) bond motifs is 1. The maximum Gasteiger partial charge on any atom is 0.142 e. The molecule has 0 aromatic carbocycles. The molecule has 2 rings (SSSR count). The van der Waals surface area contributed by atoms with E-state index < -0.39 is 0 Å². The maximum absolute atomic E-state index is 4.09. The minimum atomic E-state index is 0.883. The van der Waals surface area contributed by atoms with E-state index >= 15 is 0 Å². The highest BCUT2D eigenvalue weighted by Crippen LogP contribution is 2.21. The van der Waals surface area contributed by atoms with Gasteiger partial charge in [-0.05, 0) is 0 Å². The molecule has 0 bridgehead atoms. The van der Waals surface area contributed by atoms with Gasteiger partial charge in [-0.3, -0.25) is 0 Å². The maximum atomic E-state index is 4.09. The van der Waals surface area contributed by atoms with Crippen molar-refractivity contribution >= 4 is 16.7 Å². The molecule has 0 radical (unpaired) electrons. The molecule has 4 heteroatoms. The van der Waals surface area contributed by atoms with Crippen molar-refractivity contribution in [3.8, 4) is 0 Å². The van der Waals surface area contributed by atoms with Crippen molar-refractivity contribution < 1.29 is 0 Å². The van der Waals surface area contributed by atoms with Gasteiger partial charge in [-0.1, -0.05) is 0 Å². The van der Waals surface area contributed by atoms with Crippen molar-refractivity contribution in [2.45, 2.75) is 0 Å². The van der Waals surface area contributed by atoms with Gasteiger partial charge in [0.1, 0.15) is 12.0 Å². The Balaban J connectivity index is 2.70. The van der Waals surface area contributed by atoms with Gasteiger partial charge < -0.3 is 9.88 Å². The molecule has 0 aliphatic carbocycles. The number of hydrogen-bond acceptors (Lipinski definition) is 3. The van der Waals surface area contributed by atoms with E-state index in [-0.39, 0.29) is 0 Å².